The summed E-state index contributed by atoms with van der Waals surface area (Å²) in [6.07, 6.45) is 2.60. The van der Waals surface area contributed by atoms with Crippen LogP contribution in [0.2, 0.25) is 0 Å². The minimum Gasteiger partial charge on any atom is -0.355 e. The van der Waals surface area contributed by atoms with E-state index in [0.717, 1.165) is 5.75 Å². The normalized spacial score (nSPS) is 11.7. The molecule has 1 atom stereocenters. The second kappa shape index (κ2) is 7.81. The van der Waals surface area contributed by atoms with Crippen molar-refractivity contribution in [2.24, 2.45) is 5.73 Å². The number of thioether (sulfide) groups is 1. The number of nitrogens with two attached hydrogens (primary N) is 1. The zero-order valence-electron chi connectivity index (χ0n) is 11.1. The lowest BCUT2D eigenvalue weighted by atomic mass is 10.1. The molecule has 0 saturated heterocycles. The number of carbonyl (C=O) groups is 2. The van der Waals surface area contributed by atoms with Crippen LogP contribution in [0.1, 0.15) is 16.8 Å². The summed E-state index contributed by atoms with van der Waals surface area (Å²) in [5, 5.41) is 5.25. The molecular weight excluding hydrogens is 262 g/mol. The standard InChI is InChI=1S/C13H19N3O2S/c1-15-12(17)9-4-3-5-10(8-9)16-13(18)11(14)6-7-19-2/h3-5,8,11H,6-7,14H2,1-2H3,(H,15,17)(H,16,18)/t11-/m1/s1. The van der Waals surface area contributed by atoms with Crippen molar-refractivity contribution in [1.82, 2.24) is 5.32 Å². The number of hydrogen-bond donors (Lipinski definition) is 3. The molecule has 1 aromatic carbocycles. The first kappa shape index (κ1) is 15.5. The molecule has 4 N–H and O–H groups in total. The van der Waals surface area contributed by atoms with Crippen molar-refractivity contribution in [3.05, 3.63) is 29.8 Å². The van der Waals surface area contributed by atoms with Crippen molar-refractivity contribution >= 4 is 29.3 Å². The van der Waals surface area contributed by atoms with E-state index in [1.807, 2.05) is 6.26 Å². The molecule has 19 heavy (non-hydrogen) atoms. The van der Waals surface area contributed by atoms with Crippen LogP contribution in [0.3, 0.4) is 0 Å². The summed E-state index contributed by atoms with van der Waals surface area (Å²) in [4.78, 5) is 23.3. The molecule has 0 spiro atoms. The molecule has 1 rings (SSSR count). The highest BCUT2D eigenvalue weighted by atomic mass is 32.2. The van der Waals surface area contributed by atoms with Gasteiger partial charge in [-0.3, -0.25) is 9.59 Å². The highest BCUT2D eigenvalue weighted by Gasteiger charge is 2.13. The molecule has 0 aromatic heterocycles. The second-order valence-electron chi connectivity index (χ2n) is 4.04. The topological polar surface area (TPSA) is 84.2 Å². The van der Waals surface area contributed by atoms with Crippen LogP contribution in [0.4, 0.5) is 5.69 Å². The van der Waals surface area contributed by atoms with Crippen molar-refractivity contribution in [1.29, 1.82) is 0 Å². The second-order valence-corrected chi connectivity index (χ2v) is 5.02. The van der Waals surface area contributed by atoms with Gasteiger partial charge in [0.15, 0.2) is 0 Å². The molecule has 5 nitrogen and oxygen atoms in total. The summed E-state index contributed by atoms with van der Waals surface area (Å²) in [5.74, 6) is 0.415. The molecule has 0 radical (unpaired) electrons. The summed E-state index contributed by atoms with van der Waals surface area (Å²) >= 11 is 1.65. The van der Waals surface area contributed by atoms with Gasteiger partial charge in [-0.1, -0.05) is 6.07 Å². The Morgan fingerprint density at radius 3 is 2.79 bits per heavy atom. The van der Waals surface area contributed by atoms with E-state index in [0.29, 0.717) is 17.7 Å². The zero-order chi connectivity index (χ0) is 14.3. The fourth-order valence-corrected chi connectivity index (χ4v) is 1.98. The molecule has 2 amide bonds. The first-order valence-corrected chi connectivity index (χ1v) is 7.35. The predicted molar refractivity (Wildman–Crippen MR) is 79.4 cm³/mol. The fraction of sp³-hybridized carbons (Fsp3) is 0.385. The van der Waals surface area contributed by atoms with Crippen molar-refractivity contribution in [3.8, 4) is 0 Å². The van der Waals surface area contributed by atoms with E-state index >= 15 is 0 Å². The molecule has 0 aliphatic heterocycles. The Balaban J connectivity index is 2.66. The van der Waals surface area contributed by atoms with Crippen LogP contribution in [0.15, 0.2) is 24.3 Å². The van der Waals surface area contributed by atoms with E-state index in [1.165, 1.54) is 0 Å². The molecule has 0 saturated carbocycles. The lowest BCUT2D eigenvalue weighted by molar-refractivity contribution is -0.117. The van der Waals surface area contributed by atoms with Gasteiger partial charge in [0.2, 0.25) is 5.91 Å². The molecule has 0 aliphatic carbocycles. The zero-order valence-corrected chi connectivity index (χ0v) is 11.9. The maximum absolute atomic E-state index is 11.8. The number of amides is 2. The summed E-state index contributed by atoms with van der Waals surface area (Å²) in [6, 6.07) is 6.22. The Labute approximate surface area is 117 Å². The number of benzene rings is 1. The number of anilines is 1. The quantitative estimate of drug-likeness (QED) is 0.728. The monoisotopic (exact) mass is 281 g/mol. The summed E-state index contributed by atoms with van der Waals surface area (Å²) in [6.45, 7) is 0. The minimum atomic E-state index is -0.531. The molecule has 1 aromatic rings. The van der Waals surface area contributed by atoms with Gasteiger partial charge in [-0.05, 0) is 36.6 Å². The average Bonchev–Trinajstić information content (AvgIpc) is 2.44. The first-order chi connectivity index (χ1) is 9.08. The summed E-state index contributed by atoms with van der Waals surface area (Å²) < 4.78 is 0. The van der Waals surface area contributed by atoms with E-state index in [9.17, 15) is 9.59 Å². The van der Waals surface area contributed by atoms with Crippen LogP contribution in [0.25, 0.3) is 0 Å². The third-order valence-corrected chi connectivity index (χ3v) is 3.23. The lowest BCUT2D eigenvalue weighted by Gasteiger charge is -2.12. The van der Waals surface area contributed by atoms with Crippen molar-refractivity contribution in [2.75, 3.05) is 24.4 Å². The van der Waals surface area contributed by atoms with Gasteiger partial charge in [0.1, 0.15) is 0 Å². The maximum atomic E-state index is 11.8. The van der Waals surface area contributed by atoms with Gasteiger partial charge in [0, 0.05) is 18.3 Å². The maximum Gasteiger partial charge on any atom is 0.251 e. The van der Waals surface area contributed by atoms with Crippen LogP contribution < -0.4 is 16.4 Å². The Hall–Kier alpha value is -1.53. The van der Waals surface area contributed by atoms with Crippen LogP contribution in [0.5, 0.6) is 0 Å². The van der Waals surface area contributed by atoms with Crippen LogP contribution in [-0.2, 0) is 4.79 Å². The molecular formula is C13H19N3O2S. The predicted octanol–water partition coefficient (Wildman–Crippen LogP) is 1.07. The van der Waals surface area contributed by atoms with Gasteiger partial charge >= 0.3 is 0 Å². The third kappa shape index (κ3) is 4.92. The van der Waals surface area contributed by atoms with Gasteiger partial charge in [-0.25, -0.2) is 0 Å². The van der Waals surface area contributed by atoms with Crippen molar-refractivity contribution in [3.63, 3.8) is 0 Å². The number of rotatable bonds is 6. The Morgan fingerprint density at radius 2 is 2.16 bits per heavy atom. The van der Waals surface area contributed by atoms with E-state index < -0.39 is 6.04 Å². The Morgan fingerprint density at radius 1 is 1.42 bits per heavy atom. The van der Waals surface area contributed by atoms with Gasteiger partial charge in [0.05, 0.1) is 6.04 Å². The highest BCUT2D eigenvalue weighted by molar-refractivity contribution is 7.98. The molecule has 0 aliphatic rings. The lowest BCUT2D eigenvalue weighted by Crippen LogP contribution is -2.36. The fourth-order valence-electron chi connectivity index (χ4n) is 1.49. The summed E-state index contributed by atoms with van der Waals surface area (Å²) in [7, 11) is 1.56. The van der Waals surface area contributed by atoms with Crippen LogP contribution in [0, 0.1) is 0 Å². The molecule has 0 heterocycles. The Bertz CT molecular complexity index is 451. The molecule has 6 heteroatoms. The molecule has 0 bridgehead atoms. The molecule has 104 valence electrons. The van der Waals surface area contributed by atoms with Crippen LogP contribution >= 0.6 is 11.8 Å². The van der Waals surface area contributed by atoms with Gasteiger partial charge in [-0.15, -0.1) is 0 Å². The highest BCUT2D eigenvalue weighted by Crippen LogP contribution is 2.11. The molecule has 0 unspecified atom stereocenters. The smallest absolute Gasteiger partial charge is 0.251 e. The van der Waals surface area contributed by atoms with E-state index in [2.05, 4.69) is 10.6 Å². The average molecular weight is 281 g/mol. The van der Waals surface area contributed by atoms with Crippen molar-refractivity contribution in [2.45, 2.75) is 12.5 Å². The minimum absolute atomic E-state index is 0.192. The number of hydrogen-bond acceptors (Lipinski definition) is 4. The van der Waals surface area contributed by atoms with Crippen molar-refractivity contribution < 1.29 is 9.59 Å². The van der Waals surface area contributed by atoms with E-state index in [4.69, 9.17) is 5.73 Å². The number of nitrogens with one attached hydrogen (secondary N) is 2. The summed E-state index contributed by atoms with van der Waals surface area (Å²) in [5.41, 5.74) is 6.84. The SMILES string of the molecule is CNC(=O)c1cccc(NC(=O)[C@H](N)CCSC)c1. The largest absolute Gasteiger partial charge is 0.355 e. The van der Waals surface area contributed by atoms with Crippen LogP contribution in [-0.4, -0.2) is 36.9 Å². The Kier molecular flexibility index (Phi) is 6.38. The van der Waals surface area contributed by atoms with Gasteiger partial charge in [0.25, 0.3) is 5.91 Å². The van der Waals surface area contributed by atoms with Gasteiger partial charge < -0.3 is 16.4 Å². The first-order valence-electron chi connectivity index (χ1n) is 5.96. The third-order valence-electron chi connectivity index (χ3n) is 2.59. The van der Waals surface area contributed by atoms with E-state index in [-0.39, 0.29) is 11.8 Å². The van der Waals surface area contributed by atoms with E-state index in [1.54, 1.807) is 43.1 Å². The van der Waals surface area contributed by atoms with Gasteiger partial charge in [-0.2, -0.15) is 11.8 Å². The number of carbonyl (C=O) groups excluding carboxylic acids is 2. The molecule has 0 fully saturated rings.